The number of carbonyl (C=O) groups is 1. The minimum absolute atomic E-state index is 0.0773. The molecule has 43 heavy (non-hydrogen) atoms. The summed E-state index contributed by atoms with van der Waals surface area (Å²) in [6.45, 7) is 17.0. The average Bonchev–Trinajstić information content (AvgIpc) is 3.65. The van der Waals surface area contributed by atoms with Crippen LogP contribution in [0.1, 0.15) is 54.6 Å². The summed E-state index contributed by atoms with van der Waals surface area (Å²) in [4.78, 5) is 18.3. The molecular weight excluding hydrogens is 579 g/mol. The number of rotatable bonds is 6. The largest absolute Gasteiger partial charge is 0.338 e. The van der Waals surface area contributed by atoms with Crippen LogP contribution in [0.15, 0.2) is 53.6 Å². The molecule has 8 nitrogen and oxygen atoms in total. The molecule has 1 saturated heterocycles. The van der Waals surface area contributed by atoms with E-state index < -0.39 is 21.5 Å². The van der Waals surface area contributed by atoms with Crippen LogP contribution in [0, 0.1) is 40.0 Å². The number of sulfonamides is 1. The van der Waals surface area contributed by atoms with Crippen LogP contribution in [0.3, 0.4) is 0 Å². The first kappa shape index (κ1) is 31.1. The second-order valence-corrected chi connectivity index (χ2v) is 15.5. The Morgan fingerprint density at radius 3 is 1.95 bits per heavy atom. The van der Waals surface area contributed by atoms with E-state index in [0.717, 1.165) is 48.8 Å². The van der Waals surface area contributed by atoms with E-state index in [1.54, 1.807) is 20.9 Å². The zero-order chi connectivity index (χ0) is 31.3. The van der Waals surface area contributed by atoms with Crippen molar-refractivity contribution in [3.05, 3.63) is 76.5 Å². The third kappa shape index (κ3) is 5.80. The molecule has 1 aliphatic rings. The predicted octanol–water partition coefficient (Wildman–Crippen LogP) is 6.34. The van der Waals surface area contributed by atoms with Gasteiger partial charge in [0.05, 0.1) is 16.0 Å². The van der Waals surface area contributed by atoms with Crippen molar-refractivity contribution in [3.63, 3.8) is 0 Å². The molecule has 1 aliphatic heterocycles. The molecule has 3 heterocycles. The van der Waals surface area contributed by atoms with Crippen LogP contribution in [-0.4, -0.2) is 64.7 Å². The quantitative estimate of drug-likeness (QED) is 0.252. The SMILES string of the molecule is Cc1c(C)c(C)c(S(=O)(=O)N2CCN(C(=O)C(n3cc(-c4ccc(-c5ccccc5)s4)nn3)C(C)(C)C)CC2)c(C)c1C. The number of hydrogen-bond acceptors (Lipinski definition) is 6. The molecule has 2 aromatic carbocycles. The molecule has 0 bridgehead atoms. The van der Waals surface area contributed by atoms with Gasteiger partial charge in [-0.3, -0.25) is 4.79 Å². The summed E-state index contributed by atoms with van der Waals surface area (Å²) in [6, 6.07) is 13.7. The number of piperazine rings is 1. The molecule has 10 heteroatoms. The second-order valence-electron chi connectivity index (χ2n) is 12.6. The van der Waals surface area contributed by atoms with Crippen molar-refractivity contribution in [3.8, 4) is 21.0 Å². The van der Waals surface area contributed by atoms with E-state index in [9.17, 15) is 13.2 Å². The molecule has 1 amide bonds. The highest BCUT2D eigenvalue weighted by Crippen LogP contribution is 2.37. The van der Waals surface area contributed by atoms with Gasteiger partial charge < -0.3 is 4.90 Å². The van der Waals surface area contributed by atoms with Crippen molar-refractivity contribution in [2.45, 2.75) is 66.3 Å². The van der Waals surface area contributed by atoms with Gasteiger partial charge in [0.1, 0.15) is 11.7 Å². The van der Waals surface area contributed by atoms with Crippen molar-refractivity contribution >= 4 is 27.3 Å². The van der Waals surface area contributed by atoms with Gasteiger partial charge in [0.2, 0.25) is 15.9 Å². The lowest BCUT2D eigenvalue weighted by molar-refractivity contribution is -0.139. The van der Waals surface area contributed by atoms with E-state index in [1.807, 2.05) is 85.9 Å². The summed E-state index contributed by atoms with van der Waals surface area (Å²) < 4.78 is 30.9. The second kappa shape index (κ2) is 11.6. The fourth-order valence-corrected chi connectivity index (χ4v) is 8.88. The Bertz CT molecular complexity index is 1730. The fourth-order valence-electron chi connectivity index (χ4n) is 5.93. The maximum atomic E-state index is 14.0. The van der Waals surface area contributed by atoms with Crippen molar-refractivity contribution < 1.29 is 13.2 Å². The normalized spacial score (nSPS) is 15.6. The molecule has 1 fully saturated rings. The monoisotopic (exact) mass is 619 g/mol. The standard InChI is InChI=1S/C33H41N5O3S2/c1-21-22(2)24(4)30(25(5)23(21)3)43(40,41)37-18-16-36(17-19-37)32(39)31(33(6,7)8)38-20-27(34-35-38)29-15-14-28(42-29)26-12-10-9-11-13-26/h9-15,20,31H,16-19H2,1-8H3. The number of aromatic nitrogens is 3. The summed E-state index contributed by atoms with van der Waals surface area (Å²) in [5.74, 6) is -0.0773. The molecule has 228 valence electrons. The molecule has 1 atom stereocenters. The van der Waals surface area contributed by atoms with E-state index in [0.29, 0.717) is 18.0 Å². The summed E-state index contributed by atoms with van der Waals surface area (Å²) in [5, 5.41) is 8.85. The van der Waals surface area contributed by atoms with Crippen molar-refractivity contribution in [2.75, 3.05) is 26.2 Å². The van der Waals surface area contributed by atoms with E-state index >= 15 is 0 Å². The summed E-state index contributed by atoms with van der Waals surface area (Å²) >= 11 is 1.64. The van der Waals surface area contributed by atoms with Gasteiger partial charge in [-0.25, -0.2) is 13.1 Å². The Morgan fingerprint density at radius 2 is 1.37 bits per heavy atom. The summed E-state index contributed by atoms with van der Waals surface area (Å²) in [6.07, 6.45) is 1.85. The van der Waals surface area contributed by atoms with Gasteiger partial charge in [-0.1, -0.05) is 56.3 Å². The number of benzene rings is 2. The van der Waals surface area contributed by atoms with E-state index in [1.165, 1.54) is 4.31 Å². The number of thiophene rings is 1. The van der Waals surface area contributed by atoms with Crippen molar-refractivity contribution in [2.24, 2.45) is 5.41 Å². The minimum atomic E-state index is -3.71. The smallest absolute Gasteiger partial charge is 0.248 e. The molecule has 0 spiro atoms. The number of nitrogens with zero attached hydrogens (tertiary/aromatic N) is 5. The van der Waals surface area contributed by atoms with Gasteiger partial charge in [-0.2, -0.15) is 4.31 Å². The van der Waals surface area contributed by atoms with Crippen LogP contribution < -0.4 is 0 Å². The lowest BCUT2D eigenvalue weighted by Crippen LogP contribution is -2.53. The van der Waals surface area contributed by atoms with Crippen LogP contribution in [0.2, 0.25) is 0 Å². The van der Waals surface area contributed by atoms with E-state index in [-0.39, 0.29) is 19.0 Å². The van der Waals surface area contributed by atoms with Gasteiger partial charge in [-0.15, -0.1) is 16.4 Å². The molecule has 4 aromatic rings. The third-order valence-corrected chi connectivity index (χ3v) is 12.2. The topological polar surface area (TPSA) is 88.4 Å². The molecule has 0 saturated carbocycles. The van der Waals surface area contributed by atoms with Gasteiger partial charge in [0, 0.05) is 31.1 Å². The van der Waals surface area contributed by atoms with Crippen LogP contribution in [-0.2, 0) is 14.8 Å². The predicted molar refractivity (Wildman–Crippen MR) is 173 cm³/mol. The Morgan fingerprint density at radius 1 is 0.814 bits per heavy atom. The van der Waals surface area contributed by atoms with Crippen molar-refractivity contribution in [1.82, 2.24) is 24.2 Å². The minimum Gasteiger partial charge on any atom is -0.338 e. The highest BCUT2D eigenvalue weighted by molar-refractivity contribution is 7.89. The third-order valence-electron chi connectivity index (χ3n) is 8.83. The van der Waals surface area contributed by atoms with Gasteiger partial charge in [-0.05, 0) is 85.5 Å². The first-order chi connectivity index (χ1) is 20.2. The Hall–Kier alpha value is -3.34. The fraction of sp³-hybridized carbons (Fsp3) is 0.424. The first-order valence-electron chi connectivity index (χ1n) is 14.6. The van der Waals surface area contributed by atoms with Crippen LogP contribution >= 0.6 is 11.3 Å². The number of amides is 1. The van der Waals surface area contributed by atoms with E-state index in [4.69, 9.17) is 0 Å². The number of carbonyl (C=O) groups excluding carboxylic acids is 1. The molecule has 1 unspecified atom stereocenters. The van der Waals surface area contributed by atoms with Crippen molar-refractivity contribution in [1.29, 1.82) is 0 Å². The average molecular weight is 620 g/mol. The van der Waals surface area contributed by atoms with Crippen LogP contribution in [0.5, 0.6) is 0 Å². The lowest BCUT2D eigenvalue weighted by Gasteiger charge is -2.39. The molecule has 0 radical (unpaired) electrons. The Balaban J connectivity index is 1.34. The molecule has 5 rings (SSSR count). The summed E-state index contributed by atoms with van der Waals surface area (Å²) in [5.41, 5.74) is 6.17. The maximum Gasteiger partial charge on any atom is 0.248 e. The lowest BCUT2D eigenvalue weighted by atomic mass is 9.85. The van der Waals surface area contributed by atoms with Gasteiger partial charge in [0.15, 0.2) is 0 Å². The molecular formula is C33H41N5O3S2. The highest BCUT2D eigenvalue weighted by Gasteiger charge is 2.40. The summed E-state index contributed by atoms with van der Waals surface area (Å²) in [7, 11) is -3.71. The van der Waals surface area contributed by atoms with Crippen LogP contribution in [0.25, 0.3) is 21.0 Å². The Labute approximate surface area is 259 Å². The number of hydrogen-bond donors (Lipinski definition) is 0. The van der Waals surface area contributed by atoms with Crippen LogP contribution in [0.4, 0.5) is 0 Å². The highest BCUT2D eigenvalue weighted by atomic mass is 32.2. The maximum absolute atomic E-state index is 14.0. The van der Waals surface area contributed by atoms with Gasteiger partial charge in [0.25, 0.3) is 0 Å². The zero-order valence-corrected chi connectivity index (χ0v) is 27.9. The molecule has 0 aliphatic carbocycles. The first-order valence-corrected chi connectivity index (χ1v) is 16.9. The molecule has 2 aromatic heterocycles. The van der Waals surface area contributed by atoms with E-state index in [2.05, 4.69) is 28.5 Å². The Kier molecular flexibility index (Phi) is 8.41. The molecule has 0 N–H and O–H groups in total. The van der Waals surface area contributed by atoms with Gasteiger partial charge >= 0.3 is 0 Å². The zero-order valence-electron chi connectivity index (χ0n) is 26.3.